The molecule has 0 atom stereocenters. The number of methoxy groups -OCH3 is 1. The number of amides is 3. The van der Waals surface area contributed by atoms with E-state index in [2.05, 4.69) is 36.5 Å². The number of ether oxygens (including phenoxy) is 1. The van der Waals surface area contributed by atoms with E-state index in [1.165, 1.54) is 24.1 Å². The molecular weight excluding hydrogens is 482 g/mol. The summed E-state index contributed by atoms with van der Waals surface area (Å²) in [6.07, 6.45) is 8.01. The molecule has 1 heterocycles. The third-order valence-corrected chi connectivity index (χ3v) is 9.50. The Morgan fingerprint density at radius 3 is 2.24 bits per heavy atom. The molecule has 4 fully saturated rings. The van der Waals surface area contributed by atoms with E-state index < -0.39 is 0 Å². The molecule has 0 spiro atoms. The Morgan fingerprint density at radius 2 is 1.65 bits per heavy atom. The lowest BCUT2D eigenvalue weighted by Gasteiger charge is -2.57. The summed E-state index contributed by atoms with van der Waals surface area (Å²) >= 11 is 1.72. The predicted octanol–water partition coefficient (Wildman–Crippen LogP) is 5.60. The van der Waals surface area contributed by atoms with Gasteiger partial charge in [0.25, 0.3) is 0 Å². The molecule has 4 saturated carbocycles. The summed E-state index contributed by atoms with van der Waals surface area (Å²) in [4.78, 5) is 33.5. The van der Waals surface area contributed by atoms with E-state index >= 15 is 0 Å². The molecule has 0 saturated heterocycles. The van der Waals surface area contributed by atoms with Gasteiger partial charge in [-0.25, -0.2) is 4.79 Å². The Hall–Kier alpha value is -2.38. The molecular formula is C30H41N3O3S. The molecule has 37 heavy (non-hydrogen) atoms. The predicted molar refractivity (Wildman–Crippen MR) is 147 cm³/mol. The minimum absolute atomic E-state index is 0.0204. The zero-order valence-electron chi connectivity index (χ0n) is 22.3. The number of hydrogen-bond acceptors (Lipinski definition) is 4. The second-order valence-corrected chi connectivity index (χ2v) is 13.0. The van der Waals surface area contributed by atoms with Crippen molar-refractivity contribution in [2.75, 3.05) is 26.8 Å². The average Bonchev–Trinajstić information content (AvgIpc) is 3.27. The number of carbonyl (C=O) groups excluding carboxylic acids is 2. The van der Waals surface area contributed by atoms with Crippen molar-refractivity contribution < 1.29 is 14.3 Å². The molecule has 4 aliphatic rings. The Bertz CT molecular complexity index is 1030. The summed E-state index contributed by atoms with van der Waals surface area (Å²) in [7, 11) is 1.68. The topological polar surface area (TPSA) is 61.9 Å². The molecule has 6 rings (SSSR count). The normalized spacial score (nSPS) is 25.7. The first-order valence-electron chi connectivity index (χ1n) is 13.8. The standard InChI is InChI=1S/C30H41N3O3S/c1-22-9-10-27(37-22)20-33(19-23-7-4-3-5-8-23)28(34)21-32(11-6-12-36-2)29(35)31-30-16-24-13-25(17-30)15-26(14-24)18-30/h3-5,7-10,24-26H,6,11-21H2,1-2H3,(H,31,35). The first kappa shape index (κ1) is 26.2. The van der Waals surface area contributed by atoms with Crippen molar-refractivity contribution in [3.05, 3.63) is 57.8 Å². The second-order valence-electron chi connectivity index (χ2n) is 11.6. The number of benzene rings is 1. The van der Waals surface area contributed by atoms with Gasteiger partial charge in [0.2, 0.25) is 5.91 Å². The highest BCUT2D eigenvalue weighted by atomic mass is 32.1. The number of urea groups is 1. The van der Waals surface area contributed by atoms with Crippen molar-refractivity contribution in [1.82, 2.24) is 15.1 Å². The van der Waals surface area contributed by atoms with Crippen LogP contribution in [-0.2, 0) is 22.6 Å². The highest BCUT2D eigenvalue weighted by Gasteiger charge is 2.51. The van der Waals surface area contributed by atoms with Crippen molar-refractivity contribution >= 4 is 23.3 Å². The summed E-state index contributed by atoms with van der Waals surface area (Å²) in [5.74, 6) is 2.25. The fraction of sp³-hybridized carbons (Fsp3) is 0.600. The van der Waals surface area contributed by atoms with E-state index in [4.69, 9.17) is 4.74 Å². The van der Waals surface area contributed by atoms with Crippen LogP contribution in [0.5, 0.6) is 0 Å². The second kappa shape index (κ2) is 11.6. The number of thiophene rings is 1. The Kier molecular flexibility index (Phi) is 8.20. The van der Waals surface area contributed by atoms with Crippen LogP contribution >= 0.6 is 11.3 Å². The van der Waals surface area contributed by atoms with E-state index in [-0.39, 0.29) is 24.0 Å². The molecule has 4 bridgehead atoms. The monoisotopic (exact) mass is 523 g/mol. The Balaban J connectivity index is 1.29. The van der Waals surface area contributed by atoms with E-state index in [0.717, 1.165) is 47.5 Å². The third kappa shape index (κ3) is 6.55. The summed E-state index contributed by atoms with van der Waals surface area (Å²) in [6, 6.07) is 14.2. The maximum atomic E-state index is 13.7. The quantitative estimate of drug-likeness (QED) is 0.390. The van der Waals surface area contributed by atoms with Gasteiger partial charge in [-0.3, -0.25) is 4.79 Å². The molecule has 200 valence electrons. The van der Waals surface area contributed by atoms with E-state index in [1.54, 1.807) is 23.3 Å². The molecule has 2 aromatic rings. The van der Waals surface area contributed by atoms with Crippen LogP contribution in [0.2, 0.25) is 0 Å². The van der Waals surface area contributed by atoms with Gasteiger partial charge in [0, 0.05) is 42.1 Å². The van der Waals surface area contributed by atoms with Crippen LogP contribution < -0.4 is 5.32 Å². The fourth-order valence-electron chi connectivity index (χ4n) is 7.28. The maximum absolute atomic E-state index is 13.7. The highest BCUT2D eigenvalue weighted by Crippen LogP contribution is 2.55. The van der Waals surface area contributed by atoms with Gasteiger partial charge in [-0.15, -0.1) is 11.3 Å². The Morgan fingerprint density at radius 1 is 0.973 bits per heavy atom. The van der Waals surface area contributed by atoms with Gasteiger partial charge in [-0.2, -0.15) is 0 Å². The smallest absolute Gasteiger partial charge is 0.318 e. The van der Waals surface area contributed by atoms with Crippen molar-refractivity contribution in [3.8, 4) is 0 Å². The van der Waals surface area contributed by atoms with Crippen molar-refractivity contribution in [1.29, 1.82) is 0 Å². The van der Waals surface area contributed by atoms with E-state index in [0.29, 0.717) is 32.7 Å². The minimum atomic E-state index is -0.0852. The summed E-state index contributed by atoms with van der Waals surface area (Å²) in [5.41, 5.74) is 1.01. The summed E-state index contributed by atoms with van der Waals surface area (Å²) in [5, 5.41) is 3.48. The lowest BCUT2D eigenvalue weighted by Crippen LogP contribution is -2.62. The minimum Gasteiger partial charge on any atom is -0.385 e. The molecule has 1 aromatic heterocycles. The van der Waals surface area contributed by atoms with Crippen LogP contribution in [0.15, 0.2) is 42.5 Å². The molecule has 4 aliphatic carbocycles. The number of nitrogens with one attached hydrogen (secondary N) is 1. The van der Waals surface area contributed by atoms with E-state index in [9.17, 15) is 9.59 Å². The van der Waals surface area contributed by atoms with Crippen LogP contribution in [0.25, 0.3) is 0 Å². The van der Waals surface area contributed by atoms with Crippen molar-refractivity contribution in [2.45, 2.75) is 70.5 Å². The number of carbonyl (C=O) groups is 2. The Labute approximate surface area is 225 Å². The molecule has 0 radical (unpaired) electrons. The summed E-state index contributed by atoms with van der Waals surface area (Å²) in [6.45, 7) is 4.32. The number of nitrogens with zero attached hydrogens (tertiary/aromatic N) is 2. The highest BCUT2D eigenvalue weighted by molar-refractivity contribution is 7.11. The van der Waals surface area contributed by atoms with E-state index in [1.807, 2.05) is 23.1 Å². The van der Waals surface area contributed by atoms with Crippen LogP contribution in [0.1, 0.15) is 60.3 Å². The van der Waals surface area contributed by atoms with Gasteiger partial charge in [0.05, 0.1) is 6.54 Å². The molecule has 6 nitrogen and oxygen atoms in total. The van der Waals surface area contributed by atoms with Gasteiger partial charge in [0.15, 0.2) is 0 Å². The van der Waals surface area contributed by atoms with Crippen LogP contribution in [0.3, 0.4) is 0 Å². The molecule has 0 aliphatic heterocycles. The van der Waals surface area contributed by atoms with Gasteiger partial charge in [0.1, 0.15) is 6.54 Å². The zero-order chi connectivity index (χ0) is 25.8. The first-order valence-corrected chi connectivity index (χ1v) is 14.7. The number of hydrogen-bond donors (Lipinski definition) is 1. The number of rotatable bonds is 11. The maximum Gasteiger partial charge on any atom is 0.318 e. The lowest BCUT2D eigenvalue weighted by molar-refractivity contribution is -0.133. The fourth-order valence-corrected chi connectivity index (χ4v) is 8.19. The first-order chi connectivity index (χ1) is 17.9. The average molecular weight is 524 g/mol. The van der Waals surface area contributed by atoms with Gasteiger partial charge in [-0.05, 0) is 87.3 Å². The third-order valence-electron chi connectivity index (χ3n) is 8.51. The number of aryl methyl sites for hydroxylation is 1. The molecule has 3 amide bonds. The molecule has 1 aromatic carbocycles. The molecule has 0 unspecified atom stereocenters. The van der Waals surface area contributed by atoms with Crippen molar-refractivity contribution in [2.24, 2.45) is 17.8 Å². The SMILES string of the molecule is COCCCN(CC(=O)N(Cc1ccccc1)Cc1ccc(C)s1)C(=O)NC12CC3CC(CC(C3)C1)C2. The van der Waals surface area contributed by atoms with Crippen LogP contribution in [-0.4, -0.2) is 54.1 Å². The van der Waals surface area contributed by atoms with Crippen molar-refractivity contribution in [3.63, 3.8) is 0 Å². The lowest BCUT2D eigenvalue weighted by atomic mass is 9.53. The molecule has 7 heteroatoms. The van der Waals surface area contributed by atoms with Gasteiger partial charge >= 0.3 is 6.03 Å². The zero-order valence-corrected chi connectivity index (χ0v) is 23.1. The largest absolute Gasteiger partial charge is 0.385 e. The summed E-state index contributed by atoms with van der Waals surface area (Å²) < 4.78 is 5.27. The van der Waals surface area contributed by atoms with Gasteiger partial charge < -0.3 is 19.9 Å². The van der Waals surface area contributed by atoms with Crippen LogP contribution in [0, 0.1) is 24.7 Å². The van der Waals surface area contributed by atoms with Gasteiger partial charge in [-0.1, -0.05) is 30.3 Å². The van der Waals surface area contributed by atoms with Crippen LogP contribution in [0.4, 0.5) is 4.79 Å². The molecule has 1 N–H and O–H groups in total.